The zero-order valence-electron chi connectivity index (χ0n) is 18.9. The van der Waals surface area contributed by atoms with Crippen molar-refractivity contribution < 1.29 is 9.21 Å². The summed E-state index contributed by atoms with van der Waals surface area (Å²) in [6, 6.07) is 7.43. The van der Waals surface area contributed by atoms with Crippen molar-refractivity contribution in [3.8, 4) is 11.5 Å². The van der Waals surface area contributed by atoms with Gasteiger partial charge in [0.1, 0.15) is 5.76 Å². The Morgan fingerprint density at radius 1 is 1.19 bits per heavy atom. The van der Waals surface area contributed by atoms with E-state index in [0.29, 0.717) is 23.8 Å². The number of hydrogen-bond acceptors (Lipinski definition) is 5. The molecule has 0 aliphatic carbocycles. The molecule has 1 aliphatic heterocycles. The lowest BCUT2D eigenvalue weighted by Gasteiger charge is -2.19. The highest BCUT2D eigenvalue weighted by atomic mass is 32.2. The number of amides is 1. The second-order valence-corrected chi connectivity index (χ2v) is 8.96. The molecule has 1 aromatic carbocycles. The third kappa shape index (κ3) is 6.97. The van der Waals surface area contributed by atoms with Crippen LogP contribution in [0.15, 0.2) is 65.0 Å². The molecule has 1 N–H and O–H groups in total. The Kier molecular flexibility index (Phi) is 9.38. The van der Waals surface area contributed by atoms with Gasteiger partial charge >= 0.3 is 0 Å². The first-order chi connectivity index (χ1) is 15.6. The minimum Gasteiger partial charge on any atom is -0.441 e. The zero-order chi connectivity index (χ0) is 22.8. The van der Waals surface area contributed by atoms with Crippen LogP contribution in [0.4, 0.5) is 0 Å². The molecule has 0 atom stereocenters. The lowest BCUT2D eigenvalue weighted by molar-refractivity contribution is 0.0948. The van der Waals surface area contributed by atoms with E-state index in [1.54, 1.807) is 23.9 Å². The quantitative estimate of drug-likeness (QED) is 0.467. The third-order valence-electron chi connectivity index (χ3n) is 5.56. The van der Waals surface area contributed by atoms with Crippen molar-refractivity contribution in [2.24, 2.45) is 0 Å². The highest BCUT2D eigenvalue weighted by Crippen LogP contribution is 2.27. The summed E-state index contributed by atoms with van der Waals surface area (Å²) in [6.45, 7) is 13.3. The van der Waals surface area contributed by atoms with Gasteiger partial charge in [0, 0.05) is 34.9 Å². The van der Waals surface area contributed by atoms with Crippen molar-refractivity contribution in [1.29, 1.82) is 0 Å². The lowest BCUT2D eigenvalue weighted by atomic mass is 10.1. The van der Waals surface area contributed by atoms with E-state index >= 15 is 0 Å². The molecule has 6 heteroatoms. The van der Waals surface area contributed by atoms with Crippen LogP contribution in [0.3, 0.4) is 0 Å². The molecule has 170 valence electrons. The van der Waals surface area contributed by atoms with E-state index < -0.39 is 0 Å². The maximum Gasteiger partial charge on any atom is 0.251 e. The fourth-order valence-corrected chi connectivity index (χ4v) is 4.56. The SMILES string of the molecule is C=CC=C(C=C)SCc1nc(-c2ccc(C(=O)NCCN3CCCCCC3)cc2)oc1C. The molecule has 0 unspecified atom stereocenters. The highest BCUT2D eigenvalue weighted by molar-refractivity contribution is 8.02. The molecule has 1 saturated heterocycles. The Labute approximate surface area is 195 Å². The zero-order valence-corrected chi connectivity index (χ0v) is 19.8. The topological polar surface area (TPSA) is 58.4 Å². The predicted molar refractivity (Wildman–Crippen MR) is 134 cm³/mol. The second-order valence-electron chi connectivity index (χ2n) is 7.91. The van der Waals surface area contributed by atoms with Crippen LogP contribution in [-0.2, 0) is 5.75 Å². The molecule has 1 aliphatic rings. The number of aryl methyl sites for hydroxylation is 1. The molecule has 1 amide bonds. The molecule has 5 nitrogen and oxygen atoms in total. The molecule has 1 fully saturated rings. The molecule has 32 heavy (non-hydrogen) atoms. The van der Waals surface area contributed by atoms with Crippen molar-refractivity contribution >= 4 is 17.7 Å². The second kappa shape index (κ2) is 12.5. The number of thioether (sulfide) groups is 1. The Bertz CT molecular complexity index is 938. The number of hydrogen-bond donors (Lipinski definition) is 1. The van der Waals surface area contributed by atoms with Gasteiger partial charge in [-0.1, -0.05) is 38.2 Å². The molecule has 2 heterocycles. The minimum atomic E-state index is -0.0435. The van der Waals surface area contributed by atoms with E-state index in [-0.39, 0.29) is 5.91 Å². The molecular formula is C26H33N3O2S. The maximum absolute atomic E-state index is 12.5. The van der Waals surface area contributed by atoms with Crippen LogP contribution >= 0.6 is 11.8 Å². The van der Waals surface area contributed by atoms with Crippen LogP contribution in [-0.4, -0.2) is 42.0 Å². The van der Waals surface area contributed by atoms with Gasteiger partial charge in [0.05, 0.1) is 5.69 Å². The van der Waals surface area contributed by atoms with Gasteiger partial charge in [0.25, 0.3) is 5.91 Å². The van der Waals surface area contributed by atoms with Gasteiger partial charge < -0.3 is 14.6 Å². The number of likely N-dealkylation sites (tertiary alicyclic amines) is 1. The average Bonchev–Trinajstić information content (AvgIpc) is 2.99. The molecule has 3 rings (SSSR count). The Hall–Kier alpha value is -2.57. The van der Waals surface area contributed by atoms with E-state index in [0.717, 1.165) is 41.6 Å². The molecule has 0 radical (unpaired) electrons. The lowest BCUT2D eigenvalue weighted by Crippen LogP contribution is -2.35. The molecular weight excluding hydrogens is 418 g/mol. The van der Waals surface area contributed by atoms with Crippen molar-refractivity contribution in [3.63, 3.8) is 0 Å². The van der Waals surface area contributed by atoms with Crippen LogP contribution in [0, 0.1) is 6.92 Å². The summed E-state index contributed by atoms with van der Waals surface area (Å²) >= 11 is 1.64. The highest BCUT2D eigenvalue weighted by Gasteiger charge is 2.14. The van der Waals surface area contributed by atoms with Crippen LogP contribution in [0.25, 0.3) is 11.5 Å². The Balaban J connectivity index is 1.54. The number of rotatable bonds is 10. The summed E-state index contributed by atoms with van der Waals surface area (Å²) < 4.78 is 5.87. The third-order valence-corrected chi connectivity index (χ3v) is 6.61. The first kappa shape index (κ1) is 24.1. The molecule has 2 aromatic rings. The molecule has 1 aromatic heterocycles. The summed E-state index contributed by atoms with van der Waals surface area (Å²) in [5, 5.41) is 3.04. The number of allylic oxidation sites excluding steroid dienone is 3. The van der Waals surface area contributed by atoms with Gasteiger partial charge in [-0.25, -0.2) is 4.98 Å². The number of nitrogens with one attached hydrogen (secondary N) is 1. The maximum atomic E-state index is 12.5. The summed E-state index contributed by atoms with van der Waals surface area (Å²) in [6.07, 6.45) is 10.6. The van der Waals surface area contributed by atoms with Gasteiger partial charge in [-0.2, -0.15) is 0 Å². The van der Waals surface area contributed by atoms with Gasteiger partial charge in [-0.05, 0) is 63.2 Å². The molecule has 0 spiro atoms. The van der Waals surface area contributed by atoms with Gasteiger partial charge in [-0.3, -0.25) is 4.79 Å². The van der Waals surface area contributed by atoms with Crippen molar-refractivity contribution in [1.82, 2.24) is 15.2 Å². The molecule has 0 saturated carbocycles. The van der Waals surface area contributed by atoms with Gasteiger partial charge in [0.2, 0.25) is 5.89 Å². The van der Waals surface area contributed by atoms with Crippen LogP contribution < -0.4 is 5.32 Å². The number of benzene rings is 1. The smallest absolute Gasteiger partial charge is 0.251 e. The summed E-state index contributed by atoms with van der Waals surface area (Å²) in [7, 11) is 0. The minimum absolute atomic E-state index is 0.0435. The van der Waals surface area contributed by atoms with Crippen LogP contribution in [0.2, 0.25) is 0 Å². The monoisotopic (exact) mass is 451 g/mol. The first-order valence-electron chi connectivity index (χ1n) is 11.3. The van der Waals surface area contributed by atoms with Crippen LogP contribution in [0.5, 0.6) is 0 Å². The normalized spacial score (nSPS) is 15.2. The van der Waals surface area contributed by atoms with Gasteiger partial charge in [0.15, 0.2) is 0 Å². The Morgan fingerprint density at radius 3 is 2.56 bits per heavy atom. The van der Waals surface area contributed by atoms with E-state index in [1.165, 1.54) is 25.7 Å². The first-order valence-corrected chi connectivity index (χ1v) is 12.2. The standard InChI is InChI=1S/C26H33N3O2S/c1-4-10-23(5-2)32-19-24-20(3)31-26(28-24)22-13-11-21(12-14-22)25(30)27-15-18-29-16-8-6-7-9-17-29/h4-5,10-14H,1-2,6-9,15-19H2,3H3,(H,27,30). The molecule has 0 bridgehead atoms. The number of carbonyl (C=O) groups excluding carboxylic acids is 1. The van der Waals surface area contributed by atoms with E-state index in [9.17, 15) is 4.79 Å². The number of carbonyl (C=O) groups is 1. The van der Waals surface area contributed by atoms with E-state index in [4.69, 9.17) is 4.42 Å². The van der Waals surface area contributed by atoms with Crippen molar-refractivity contribution in [2.45, 2.75) is 38.4 Å². The number of nitrogens with zero attached hydrogens (tertiary/aromatic N) is 2. The van der Waals surface area contributed by atoms with Crippen LogP contribution in [0.1, 0.15) is 47.5 Å². The summed E-state index contributed by atoms with van der Waals surface area (Å²) in [4.78, 5) is 20.6. The summed E-state index contributed by atoms with van der Waals surface area (Å²) in [5.41, 5.74) is 2.40. The van der Waals surface area contributed by atoms with E-state index in [1.807, 2.05) is 37.3 Å². The largest absolute Gasteiger partial charge is 0.441 e. The number of oxazole rings is 1. The Morgan fingerprint density at radius 2 is 1.91 bits per heavy atom. The van der Waals surface area contributed by atoms with Crippen molar-refractivity contribution in [3.05, 3.63) is 77.6 Å². The number of aromatic nitrogens is 1. The van der Waals surface area contributed by atoms with E-state index in [2.05, 4.69) is 28.4 Å². The fraction of sp³-hybridized carbons (Fsp3) is 0.385. The summed E-state index contributed by atoms with van der Waals surface area (Å²) in [5.74, 6) is 2.01. The fourth-order valence-electron chi connectivity index (χ4n) is 3.68. The predicted octanol–water partition coefficient (Wildman–Crippen LogP) is 5.74. The van der Waals surface area contributed by atoms with Crippen molar-refractivity contribution in [2.75, 3.05) is 26.2 Å². The average molecular weight is 452 g/mol. The van der Waals surface area contributed by atoms with Gasteiger partial charge in [-0.15, -0.1) is 11.8 Å².